The predicted octanol–water partition coefficient (Wildman–Crippen LogP) is -0.175. The van der Waals surface area contributed by atoms with Gasteiger partial charge in [0.25, 0.3) is 0 Å². The van der Waals surface area contributed by atoms with Gasteiger partial charge in [0.1, 0.15) is 0 Å². The lowest BCUT2D eigenvalue weighted by Gasteiger charge is -2.18. The van der Waals surface area contributed by atoms with Crippen LogP contribution in [0.2, 0.25) is 0 Å². The standard InChI is InChI=1S/C9H20N2O2/c1-9(2,13)7-10-8(12)5-6-11(3)4/h13H,5-7H2,1-4H3,(H,10,12). The van der Waals surface area contributed by atoms with Crippen LogP contribution in [0.3, 0.4) is 0 Å². The summed E-state index contributed by atoms with van der Waals surface area (Å²) < 4.78 is 0. The molecule has 4 heteroatoms. The quantitative estimate of drug-likeness (QED) is 0.629. The number of hydrogen-bond donors (Lipinski definition) is 2. The summed E-state index contributed by atoms with van der Waals surface area (Å²) in [6, 6.07) is 0. The highest BCUT2D eigenvalue weighted by molar-refractivity contribution is 5.76. The first-order chi connectivity index (χ1) is 5.81. The molecule has 4 nitrogen and oxygen atoms in total. The van der Waals surface area contributed by atoms with E-state index in [0.717, 1.165) is 6.54 Å². The molecule has 0 spiro atoms. The molecule has 0 unspecified atom stereocenters. The number of aliphatic hydroxyl groups is 1. The number of amides is 1. The van der Waals surface area contributed by atoms with Crippen molar-refractivity contribution in [3.05, 3.63) is 0 Å². The van der Waals surface area contributed by atoms with Crippen LogP contribution in [0.15, 0.2) is 0 Å². The summed E-state index contributed by atoms with van der Waals surface area (Å²) in [7, 11) is 3.84. The Morgan fingerprint density at radius 3 is 2.38 bits per heavy atom. The minimum atomic E-state index is -0.826. The molecular formula is C9H20N2O2. The van der Waals surface area contributed by atoms with Gasteiger partial charge in [-0.1, -0.05) is 0 Å². The molecule has 0 atom stereocenters. The molecule has 0 aromatic rings. The molecule has 0 saturated heterocycles. The van der Waals surface area contributed by atoms with Crippen LogP contribution in [0.5, 0.6) is 0 Å². The lowest BCUT2D eigenvalue weighted by atomic mass is 10.1. The van der Waals surface area contributed by atoms with Gasteiger partial charge < -0.3 is 15.3 Å². The van der Waals surface area contributed by atoms with Gasteiger partial charge in [-0.05, 0) is 27.9 Å². The Bertz CT molecular complexity index is 161. The van der Waals surface area contributed by atoms with Gasteiger partial charge in [-0.25, -0.2) is 0 Å². The Morgan fingerprint density at radius 1 is 1.46 bits per heavy atom. The smallest absolute Gasteiger partial charge is 0.221 e. The zero-order chi connectivity index (χ0) is 10.5. The fraction of sp³-hybridized carbons (Fsp3) is 0.889. The fourth-order valence-corrected chi connectivity index (χ4v) is 0.728. The molecule has 13 heavy (non-hydrogen) atoms. The largest absolute Gasteiger partial charge is 0.389 e. The number of rotatable bonds is 5. The molecule has 0 aliphatic rings. The van der Waals surface area contributed by atoms with Crippen molar-refractivity contribution in [2.45, 2.75) is 25.9 Å². The third-order valence-corrected chi connectivity index (χ3v) is 1.50. The number of carbonyl (C=O) groups excluding carboxylic acids is 1. The van der Waals surface area contributed by atoms with Gasteiger partial charge in [-0.2, -0.15) is 0 Å². The Balaban J connectivity index is 3.53. The van der Waals surface area contributed by atoms with Crippen molar-refractivity contribution in [3.8, 4) is 0 Å². The molecule has 0 aromatic carbocycles. The molecule has 0 rings (SSSR count). The van der Waals surface area contributed by atoms with E-state index in [0.29, 0.717) is 13.0 Å². The van der Waals surface area contributed by atoms with E-state index in [1.165, 1.54) is 0 Å². The van der Waals surface area contributed by atoms with Gasteiger partial charge in [0.15, 0.2) is 0 Å². The maximum absolute atomic E-state index is 11.1. The first-order valence-electron chi connectivity index (χ1n) is 4.45. The predicted molar refractivity (Wildman–Crippen MR) is 52.5 cm³/mol. The molecule has 0 fully saturated rings. The summed E-state index contributed by atoms with van der Waals surface area (Å²) >= 11 is 0. The van der Waals surface area contributed by atoms with Crippen molar-refractivity contribution in [3.63, 3.8) is 0 Å². The first kappa shape index (κ1) is 12.4. The normalized spacial score (nSPS) is 11.8. The van der Waals surface area contributed by atoms with Crippen molar-refractivity contribution in [2.24, 2.45) is 0 Å². The molecule has 2 N–H and O–H groups in total. The third-order valence-electron chi connectivity index (χ3n) is 1.50. The Labute approximate surface area is 79.9 Å². The van der Waals surface area contributed by atoms with Crippen molar-refractivity contribution in [2.75, 3.05) is 27.2 Å². The van der Waals surface area contributed by atoms with Crippen LogP contribution in [0.25, 0.3) is 0 Å². The lowest BCUT2D eigenvalue weighted by molar-refractivity contribution is -0.122. The highest BCUT2D eigenvalue weighted by Gasteiger charge is 2.13. The zero-order valence-corrected chi connectivity index (χ0v) is 8.92. The molecular weight excluding hydrogens is 168 g/mol. The van der Waals surface area contributed by atoms with Crippen LogP contribution in [-0.2, 0) is 4.79 Å². The van der Waals surface area contributed by atoms with E-state index >= 15 is 0 Å². The summed E-state index contributed by atoms with van der Waals surface area (Å²) in [6.07, 6.45) is 0.475. The fourth-order valence-electron chi connectivity index (χ4n) is 0.728. The summed E-state index contributed by atoms with van der Waals surface area (Å²) in [5, 5.41) is 12.0. The number of hydrogen-bond acceptors (Lipinski definition) is 3. The number of carbonyl (C=O) groups is 1. The molecule has 0 radical (unpaired) electrons. The van der Waals surface area contributed by atoms with Crippen LogP contribution >= 0.6 is 0 Å². The van der Waals surface area contributed by atoms with Crippen molar-refractivity contribution in [1.29, 1.82) is 0 Å². The van der Waals surface area contributed by atoms with Gasteiger partial charge in [0.2, 0.25) is 5.91 Å². The van der Waals surface area contributed by atoms with E-state index < -0.39 is 5.60 Å². The molecule has 1 amide bonds. The second-order valence-corrected chi connectivity index (χ2v) is 4.14. The Hall–Kier alpha value is -0.610. The van der Waals surface area contributed by atoms with Gasteiger partial charge in [-0.3, -0.25) is 4.79 Å². The highest BCUT2D eigenvalue weighted by atomic mass is 16.3. The Morgan fingerprint density at radius 2 is 2.00 bits per heavy atom. The molecule has 0 heterocycles. The van der Waals surface area contributed by atoms with E-state index in [1.54, 1.807) is 13.8 Å². The second-order valence-electron chi connectivity index (χ2n) is 4.14. The van der Waals surface area contributed by atoms with E-state index in [9.17, 15) is 9.90 Å². The Kier molecular flexibility index (Phi) is 4.95. The van der Waals surface area contributed by atoms with E-state index in [2.05, 4.69) is 5.32 Å². The summed E-state index contributed by atoms with van der Waals surface area (Å²) in [4.78, 5) is 13.1. The molecule has 0 aromatic heterocycles. The number of nitrogens with zero attached hydrogens (tertiary/aromatic N) is 1. The van der Waals surface area contributed by atoms with Crippen LogP contribution in [0.4, 0.5) is 0 Å². The summed E-state index contributed by atoms with van der Waals surface area (Å²) in [5.41, 5.74) is -0.826. The van der Waals surface area contributed by atoms with Crippen LogP contribution in [0, 0.1) is 0 Å². The average Bonchev–Trinajstić information content (AvgIpc) is 1.95. The second kappa shape index (κ2) is 5.19. The third kappa shape index (κ3) is 9.30. The van der Waals surface area contributed by atoms with Crippen molar-refractivity contribution < 1.29 is 9.90 Å². The van der Waals surface area contributed by atoms with Gasteiger partial charge in [0.05, 0.1) is 5.60 Å². The number of nitrogens with one attached hydrogen (secondary N) is 1. The lowest BCUT2D eigenvalue weighted by Crippen LogP contribution is -2.39. The molecule has 78 valence electrons. The topological polar surface area (TPSA) is 52.6 Å². The van der Waals surface area contributed by atoms with Gasteiger partial charge in [-0.15, -0.1) is 0 Å². The van der Waals surface area contributed by atoms with Crippen LogP contribution in [-0.4, -0.2) is 48.7 Å². The van der Waals surface area contributed by atoms with Crippen LogP contribution < -0.4 is 5.32 Å². The van der Waals surface area contributed by atoms with Crippen molar-refractivity contribution in [1.82, 2.24) is 10.2 Å². The monoisotopic (exact) mass is 188 g/mol. The summed E-state index contributed by atoms with van der Waals surface area (Å²) in [5.74, 6) is -0.0178. The van der Waals surface area contributed by atoms with E-state index in [1.807, 2.05) is 19.0 Å². The molecule has 0 bridgehead atoms. The van der Waals surface area contributed by atoms with E-state index in [4.69, 9.17) is 0 Å². The molecule has 0 aliphatic carbocycles. The SMILES string of the molecule is CN(C)CCC(=O)NCC(C)(C)O. The average molecular weight is 188 g/mol. The first-order valence-corrected chi connectivity index (χ1v) is 4.45. The van der Waals surface area contributed by atoms with Gasteiger partial charge >= 0.3 is 0 Å². The van der Waals surface area contributed by atoms with Crippen LogP contribution in [0.1, 0.15) is 20.3 Å². The maximum atomic E-state index is 11.1. The minimum Gasteiger partial charge on any atom is -0.389 e. The minimum absolute atomic E-state index is 0.0178. The maximum Gasteiger partial charge on any atom is 0.221 e. The highest BCUT2D eigenvalue weighted by Crippen LogP contribution is 1.97. The zero-order valence-electron chi connectivity index (χ0n) is 8.92. The van der Waals surface area contributed by atoms with Crippen molar-refractivity contribution >= 4 is 5.91 Å². The van der Waals surface area contributed by atoms with E-state index in [-0.39, 0.29) is 5.91 Å². The molecule has 0 saturated carbocycles. The van der Waals surface area contributed by atoms with Gasteiger partial charge in [0, 0.05) is 19.5 Å². The molecule has 0 aliphatic heterocycles. The summed E-state index contributed by atoms with van der Waals surface area (Å²) in [6.45, 7) is 4.37.